The van der Waals surface area contributed by atoms with E-state index >= 15 is 0 Å². The van der Waals surface area contributed by atoms with E-state index in [1.807, 2.05) is 6.92 Å². The van der Waals surface area contributed by atoms with Gasteiger partial charge in [-0.25, -0.2) is 9.48 Å². The molecule has 9 heteroatoms. The lowest BCUT2D eigenvalue weighted by Crippen LogP contribution is -2.33. The molecule has 0 bridgehead atoms. The van der Waals surface area contributed by atoms with Gasteiger partial charge in [0.05, 0.1) is 11.3 Å². The molecule has 1 fully saturated rings. The van der Waals surface area contributed by atoms with Gasteiger partial charge >= 0.3 is 5.97 Å². The monoisotopic (exact) mass is 426 g/mol. The maximum atomic E-state index is 12.6. The Hall–Kier alpha value is -3.49. The van der Waals surface area contributed by atoms with Crippen molar-refractivity contribution in [1.82, 2.24) is 15.1 Å². The van der Waals surface area contributed by atoms with E-state index in [4.69, 9.17) is 4.74 Å². The number of hydrogen-bond donors (Lipinski definition) is 2. The molecule has 2 N–H and O–H groups in total. The third-order valence-corrected chi connectivity index (χ3v) is 4.98. The Balaban J connectivity index is 1.58. The molecule has 0 saturated heterocycles. The van der Waals surface area contributed by atoms with Crippen LogP contribution in [0.2, 0.25) is 0 Å². The smallest absolute Gasteiger partial charge is 0.359 e. The van der Waals surface area contributed by atoms with E-state index in [9.17, 15) is 19.2 Å². The summed E-state index contributed by atoms with van der Waals surface area (Å²) in [5, 5.41) is 9.56. The number of carbonyl (C=O) groups is 3. The molecule has 0 spiro atoms. The van der Waals surface area contributed by atoms with Crippen LogP contribution in [0.1, 0.15) is 59.9 Å². The standard InChI is InChI=1S/C22H26N4O5/c1-2-13-26-20(28)12-11-18(25-26)22(30)31-14-19(27)24-17-10-6-5-9-16(17)21(29)23-15-7-3-4-8-15/h5-6,9-12,15H,2-4,7-8,13-14H2,1H3,(H,23,29)(H,24,27). The lowest BCUT2D eigenvalue weighted by molar-refractivity contribution is -0.119. The summed E-state index contributed by atoms with van der Waals surface area (Å²) in [6, 6.07) is 9.32. The lowest BCUT2D eigenvalue weighted by atomic mass is 10.1. The number of amides is 2. The van der Waals surface area contributed by atoms with Gasteiger partial charge in [-0.15, -0.1) is 0 Å². The molecule has 1 aromatic heterocycles. The minimum atomic E-state index is -0.813. The van der Waals surface area contributed by atoms with Crippen LogP contribution in [0.3, 0.4) is 0 Å². The fraction of sp³-hybridized carbons (Fsp3) is 0.409. The van der Waals surface area contributed by atoms with Crippen LogP contribution in [0.15, 0.2) is 41.2 Å². The predicted octanol–water partition coefficient (Wildman–Crippen LogP) is 2.12. The number of anilines is 1. The first-order chi connectivity index (χ1) is 15.0. The van der Waals surface area contributed by atoms with E-state index in [1.165, 1.54) is 16.8 Å². The van der Waals surface area contributed by atoms with Crippen LogP contribution in [0, 0.1) is 0 Å². The van der Waals surface area contributed by atoms with E-state index in [0.717, 1.165) is 25.7 Å². The number of hydrogen-bond acceptors (Lipinski definition) is 6. The van der Waals surface area contributed by atoms with Crippen molar-refractivity contribution in [3.05, 3.63) is 58.0 Å². The van der Waals surface area contributed by atoms with Gasteiger partial charge in [-0.05, 0) is 37.5 Å². The molecule has 164 valence electrons. The first-order valence-corrected chi connectivity index (χ1v) is 10.4. The quantitative estimate of drug-likeness (QED) is 0.624. The van der Waals surface area contributed by atoms with E-state index in [-0.39, 0.29) is 23.2 Å². The van der Waals surface area contributed by atoms with Crippen molar-refractivity contribution in [3.63, 3.8) is 0 Å². The molecule has 1 aliphatic rings. The fourth-order valence-corrected chi connectivity index (χ4v) is 3.44. The van der Waals surface area contributed by atoms with Crippen molar-refractivity contribution in [3.8, 4) is 0 Å². The highest BCUT2D eigenvalue weighted by atomic mass is 16.5. The van der Waals surface area contributed by atoms with Gasteiger partial charge in [-0.2, -0.15) is 5.10 Å². The zero-order valence-corrected chi connectivity index (χ0v) is 17.4. The normalized spacial score (nSPS) is 13.6. The van der Waals surface area contributed by atoms with Crippen molar-refractivity contribution in [2.75, 3.05) is 11.9 Å². The summed E-state index contributed by atoms with van der Waals surface area (Å²) in [6.07, 6.45) is 4.78. The highest BCUT2D eigenvalue weighted by Gasteiger charge is 2.20. The Bertz CT molecular complexity index is 1010. The number of rotatable bonds is 8. The average Bonchev–Trinajstić information content (AvgIpc) is 3.27. The Morgan fingerprint density at radius 1 is 1.13 bits per heavy atom. The number of para-hydroxylation sites is 1. The third kappa shape index (κ3) is 6.00. The van der Waals surface area contributed by atoms with E-state index in [2.05, 4.69) is 15.7 Å². The summed E-state index contributed by atoms with van der Waals surface area (Å²) < 4.78 is 6.19. The largest absolute Gasteiger partial charge is 0.451 e. The predicted molar refractivity (Wildman–Crippen MR) is 114 cm³/mol. The molecule has 1 aromatic carbocycles. The van der Waals surface area contributed by atoms with E-state index < -0.39 is 18.5 Å². The first-order valence-electron chi connectivity index (χ1n) is 10.4. The second-order valence-corrected chi connectivity index (χ2v) is 7.40. The number of aryl methyl sites for hydroxylation is 1. The van der Waals surface area contributed by atoms with Gasteiger partial charge in [0, 0.05) is 18.7 Å². The second-order valence-electron chi connectivity index (χ2n) is 7.40. The number of nitrogens with one attached hydrogen (secondary N) is 2. The summed E-state index contributed by atoms with van der Waals surface area (Å²) in [7, 11) is 0. The van der Waals surface area contributed by atoms with Crippen LogP contribution < -0.4 is 16.2 Å². The number of ether oxygens (including phenoxy) is 1. The topological polar surface area (TPSA) is 119 Å². The van der Waals surface area contributed by atoms with Crippen molar-refractivity contribution < 1.29 is 19.1 Å². The molecule has 1 saturated carbocycles. The molecule has 0 aliphatic heterocycles. The molecule has 1 aliphatic carbocycles. The van der Waals surface area contributed by atoms with Gasteiger partial charge in [0.1, 0.15) is 0 Å². The molecule has 0 radical (unpaired) electrons. The fourth-order valence-electron chi connectivity index (χ4n) is 3.44. The minimum absolute atomic E-state index is 0.0582. The summed E-state index contributed by atoms with van der Waals surface area (Å²) in [5.74, 6) is -1.65. The molecule has 9 nitrogen and oxygen atoms in total. The molecule has 3 rings (SSSR count). The van der Waals surface area contributed by atoms with Crippen molar-refractivity contribution in [2.45, 2.75) is 51.6 Å². The SMILES string of the molecule is CCCn1nc(C(=O)OCC(=O)Nc2ccccc2C(=O)NC2CCCC2)ccc1=O. The maximum Gasteiger partial charge on any atom is 0.359 e. The van der Waals surface area contributed by atoms with Crippen molar-refractivity contribution >= 4 is 23.5 Å². The van der Waals surface area contributed by atoms with E-state index in [0.29, 0.717) is 24.2 Å². The van der Waals surface area contributed by atoms with Crippen LogP contribution in [-0.4, -0.2) is 40.2 Å². The first kappa shape index (κ1) is 22.2. The minimum Gasteiger partial charge on any atom is -0.451 e. The molecule has 2 amide bonds. The Labute approximate surface area is 179 Å². The van der Waals surface area contributed by atoms with Crippen LogP contribution in [-0.2, 0) is 16.1 Å². The lowest BCUT2D eigenvalue weighted by Gasteiger charge is -2.15. The zero-order chi connectivity index (χ0) is 22.2. The van der Waals surface area contributed by atoms with E-state index in [1.54, 1.807) is 24.3 Å². The number of aromatic nitrogens is 2. The molecule has 2 aromatic rings. The highest BCUT2D eigenvalue weighted by Crippen LogP contribution is 2.20. The molecule has 0 atom stereocenters. The van der Waals surface area contributed by atoms with Crippen LogP contribution in [0.5, 0.6) is 0 Å². The zero-order valence-electron chi connectivity index (χ0n) is 17.4. The summed E-state index contributed by atoms with van der Waals surface area (Å²) in [5.41, 5.74) is 0.317. The van der Waals surface area contributed by atoms with Gasteiger partial charge in [0.15, 0.2) is 12.3 Å². The summed E-state index contributed by atoms with van der Waals surface area (Å²) in [4.78, 5) is 48.8. The average molecular weight is 426 g/mol. The third-order valence-electron chi connectivity index (χ3n) is 4.98. The molecule has 31 heavy (non-hydrogen) atoms. The maximum absolute atomic E-state index is 12.6. The van der Waals surface area contributed by atoms with Gasteiger partial charge in [0.25, 0.3) is 17.4 Å². The van der Waals surface area contributed by atoms with Gasteiger partial charge < -0.3 is 15.4 Å². The van der Waals surface area contributed by atoms with Crippen LogP contribution in [0.4, 0.5) is 5.69 Å². The van der Waals surface area contributed by atoms with Gasteiger partial charge in [0.2, 0.25) is 0 Å². The highest BCUT2D eigenvalue weighted by molar-refractivity contribution is 6.04. The Morgan fingerprint density at radius 3 is 2.61 bits per heavy atom. The molecular formula is C22H26N4O5. The molecular weight excluding hydrogens is 400 g/mol. The number of benzene rings is 1. The molecule has 0 unspecified atom stereocenters. The summed E-state index contributed by atoms with van der Waals surface area (Å²) >= 11 is 0. The molecule has 1 heterocycles. The van der Waals surface area contributed by atoms with Gasteiger partial charge in [-0.1, -0.05) is 31.9 Å². The van der Waals surface area contributed by atoms with Crippen LogP contribution >= 0.6 is 0 Å². The Morgan fingerprint density at radius 2 is 1.87 bits per heavy atom. The van der Waals surface area contributed by atoms with Crippen molar-refractivity contribution in [1.29, 1.82) is 0 Å². The summed E-state index contributed by atoms with van der Waals surface area (Å²) in [6.45, 7) is 1.71. The second kappa shape index (κ2) is 10.5. The van der Waals surface area contributed by atoms with Crippen molar-refractivity contribution in [2.24, 2.45) is 0 Å². The van der Waals surface area contributed by atoms with Crippen LogP contribution in [0.25, 0.3) is 0 Å². The number of esters is 1. The number of carbonyl (C=O) groups excluding carboxylic acids is 3. The van der Waals surface area contributed by atoms with Gasteiger partial charge in [-0.3, -0.25) is 14.4 Å². The number of nitrogens with zero attached hydrogens (tertiary/aromatic N) is 2. The Kier molecular flexibility index (Phi) is 7.53.